The molecule has 2 heterocycles. The molecule has 1 atom stereocenters. The van der Waals surface area contributed by atoms with Gasteiger partial charge >= 0.3 is 0 Å². The Bertz CT molecular complexity index is 877. The molecule has 2 aliphatic rings. The number of anilines is 1. The van der Waals surface area contributed by atoms with Crippen LogP contribution in [0.5, 0.6) is 0 Å². The Kier molecular flexibility index (Phi) is 4.97. The number of nitrogens with one attached hydrogen (secondary N) is 1. The van der Waals surface area contributed by atoms with Gasteiger partial charge in [-0.3, -0.25) is 9.69 Å². The van der Waals surface area contributed by atoms with E-state index in [4.69, 9.17) is 16.3 Å². The third kappa shape index (κ3) is 3.62. The molecule has 27 heavy (non-hydrogen) atoms. The number of aryl methyl sites for hydroxylation is 1. The van der Waals surface area contributed by atoms with Crippen LogP contribution in [0.3, 0.4) is 0 Å². The largest absolute Gasteiger partial charge is 0.384 e. The highest BCUT2D eigenvalue weighted by molar-refractivity contribution is 6.30. The predicted octanol–water partition coefficient (Wildman–Crippen LogP) is 3.89. The van der Waals surface area contributed by atoms with Crippen LogP contribution in [-0.4, -0.2) is 50.1 Å². The second-order valence-electron chi connectivity index (χ2n) is 7.85. The van der Waals surface area contributed by atoms with E-state index in [1.165, 1.54) is 5.56 Å². The standard InChI is InChI=1S/C22H25ClN2O2/c1-15-11-17(23)4-5-18(15)21(26)16-3-6-19-20(12-16)24-13-22(19,2)14-25-7-9-27-10-8-25/h3-6,11-12,24H,7-10,13-14H2,1-2H3. The van der Waals surface area contributed by atoms with Crippen molar-refractivity contribution in [3.05, 3.63) is 63.7 Å². The zero-order valence-electron chi connectivity index (χ0n) is 15.8. The average molecular weight is 385 g/mol. The number of hydrogen-bond donors (Lipinski definition) is 1. The Hall–Kier alpha value is -1.88. The number of hydrogen-bond acceptors (Lipinski definition) is 4. The third-order valence-corrected chi connectivity index (χ3v) is 5.95. The fraction of sp³-hybridized carbons (Fsp3) is 0.409. The number of nitrogens with zero attached hydrogens (tertiary/aromatic N) is 1. The first-order chi connectivity index (χ1) is 13.0. The summed E-state index contributed by atoms with van der Waals surface area (Å²) in [4.78, 5) is 15.4. The molecule has 0 saturated carbocycles. The summed E-state index contributed by atoms with van der Waals surface area (Å²) >= 11 is 6.02. The maximum Gasteiger partial charge on any atom is 0.193 e. The van der Waals surface area contributed by atoms with E-state index in [9.17, 15) is 4.79 Å². The molecule has 2 aromatic carbocycles. The van der Waals surface area contributed by atoms with Gasteiger partial charge in [0.1, 0.15) is 0 Å². The fourth-order valence-corrected chi connectivity index (χ4v) is 4.40. The number of fused-ring (bicyclic) bond motifs is 1. The van der Waals surface area contributed by atoms with E-state index in [2.05, 4.69) is 23.2 Å². The van der Waals surface area contributed by atoms with E-state index >= 15 is 0 Å². The topological polar surface area (TPSA) is 41.6 Å². The van der Waals surface area contributed by atoms with Crippen LogP contribution in [0.1, 0.15) is 34.0 Å². The van der Waals surface area contributed by atoms with Crippen LogP contribution < -0.4 is 5.32 Å². The van der Waals surface area contributed by atoms with Crippen molar-refractivity contribution in [2.45, 2.75) is 19.3 Å². The molecule has 1 fully saturated rings. The number of ketones is 1. The highest BCUT2D eigenvalue weighted by atomic mass is 35.5. The lowest BCUT2D eigenvalue weighted by atomic mass is 9.83. The lowest BCUT2D eigenvalue weighted by Crippen LogP contribution is -2.45. The van der Waals surface area contributed by atoms with Crippen LogP contribution in [0.25, 0.3) is 0 Å². The van der Waals surface area contributed by atoms with E-state index in [1.54, 1.807) is 6.07 Å². The van der Waals surface area contributed by atoms with Gasteiger partial charge in [-0.15, -0.1) is 0 Å². The monoisotopic (exact) mass is 384 g/mol. The van der Waals surface area contributed by atoms with Crippen LogP contribution in [0, 0.1) is 6.92 Å². The van der Waals surface area contributed by atoms with Gasteiger partial charge in [0.2, 0.25) is 0 Å². The summed E-state index contributed by atoms with van der Waals surface area (Å²) < 4.78 is 5.46. The number of rotatable bonds is 4. The Morgan fingerprint density at radius 3 is 2.74 bits per heavy atom. The van der Waals surface area contributed by atoms with Crippen molar-refractivity contribution in [2.24, 2.45) is 0 Å². The van der Waals surface area contributed by atoms with Crippen molar-refractivity contribution in [1.29, 1.82) is 0 Å². The number of benzene rings is 2. The molecule has 5 heteroatoms. The summed E-state index contributed by atoms with van der Waals surface area (Å²) in [6.45, 7) is 9.69. The quantitative estimate of drug-likeness (QED) is 0.812. The number of morpholine rings is 1. The van der Waals surface area contributed by atoms with Crippen LogP contribution in [0.2, 0.25) is 5.02 Å². The second kappa shape index (κ2) is 7.27. The van der Waals surface area contributed by atoms with E-state index in [0.29, 0.717) is 16.1 Å². The highest BCUT2D eigenvalue weighted by Gasteiger charge is 2.36. The molecule has 2 aliphatic heterocycles. The number of carbonyl (C=O) groups is 1. The molecule has 1 unspecified atom stereocenters. The van der Waals surface area contributed by atoms with E-state index in [-0.39, 0.29) is 11.2 Å². The molecule has 0 aromatic heterocycles. The molecule has 0 aliphatic carbocycles. The van der Waals surface area contributed by atoms with Gasteiger partial charge in [0.15, 0.2) is 5.78 Å². The summed E-state index contributed by atoms with van der Waals surface area (Å²) in [5, 5.41) is 4.17. The average Bonchev–Trinajstić information content (AvgIpc) is 2.98. The lowest BCUT2D eigenvalue weighted by Gasteiger charge is -2.34. The Morgan fingerprint density at radius 1 is 1.22 bits per heavy atom. The van der Waals surface area contributed by atoms with Crippen molar-refractivity contribution < 1.29 is 9.53 Å². The van der Waals surface area contributed by atoms with Crippen molar-refractivity contribution in [3.63, 3.8) is 0 Å². The Balaban J connectivity index is 1.58. The van der Waals surface area contributed by atoms with Crippen LogP contribution in [-0.2, 0) is 10.2 Å². The van der Waals surface area contributed by atoms with E-state index in [0.717, 1.165) is 50.6 Å². The maximum atomic E-state index is 13.0. The normalized spacial score (nSPS) is 22.3. The molecule has 142 valence electrons. The molecular weight excluding hydrogens is 360 g/mol. The van der Waals surface area contributed by atoms with Crippen LogP contribution in [0.15, 0.2) is 36.4 Å². The van der Waals surface area contributed by atoms with Crippen molar-refractivity contribution in [1.82, 2.24) is 4.90 Å². The summed E-state index contributed by atoms with van der Waals surface area (Å²) in [6.07, 6.45) is 0. The van der Waals surface area contributed by atoms with Crippen molar-refractivity contribution >= 4 is 23.1 Å². The number of halogens is 1. The van der Waals surface area contributed by atoms with Gasteiger partial charge in [-0.05, 0) is 42.3 Å². The lowest BCUT2D eigenvalue weighted by molar-refractivity contribution is 0.0296. The van der Waals surface area contributed by atoms with Crippen molar-refractivity contribution in [2.75, 3.05) is 44.7 Å². The molecule has 1 saturated heterocycles. The van der Waals surface area contributed by atoms with E-state index < -0.39 is 0 Å². The molecule has 0 spiro atoms. The molecule has 2 aromatic rings. The third-order valence-electron chi connectivity index (χ3n) is 5.71. The Labute approximate surface area is 165 Å². The summed E-state index contributed by atoms with van der Waals surface area (Å²) in [5.74, 6) is 0.0375. The highest BCUT2D eigenvalue weighted by Crippen LogP contribution is 2.38. The minimum atomic E-state index is 0.0375. The molecule has 1 N–H and O–H groups in total. The summed E-state index contributed by atoms with van der Waals surface area (Å²) in [5.41, 5.74) is 4.72. The Morgan fingerprint density at radius 2 is 2.00 bits per heavy atom. The SMILES string of the molecule is Cc1cc(Cl)ccc1C(=O)c1ccc2c(c1)NCC2(C)CN1CCOCC1. The molecular formula is C22H25ClN2O2. The van der Waals surface area contributed by atoms with Gasteiger partial charge in [-0.25, -0.2) is 0 Å². The zero-order chi connectivity index (χ0) is 19.0. The van der Waals surface area contributed by atoms with Gasteiger partial charge < -0.3 is 10.1 Å². The van der Waals surface area contributed by atoms with Crippen LogP contribution in [0.4, 0.5) is 5.69 Å². The maximum absolute atomic E-state index is 13.0. The summed E-state index contributed by atoms with van der Waals surface area (Å²) in [6, 6.07) is 11.5. The molecule has 0 radical (unpaired) electrons. The molecule has 4 nitrogen and oxygen atoms in total. The van der Waals surface area contributed by atoms with Gasteiger partial charge in [0, 0.05) is 53.4 Å². The van der Waals surface area contributed by atoms with E-state index in [1.807, 2.05) is 31.2 Å². The van der Waals surface area contributed by atoms with Gasteiger partial charge in [-0.2, -0.15) is 0 Å². The number of carbonyl (C=O) groups excluding carboxylic acids is 1. The molecule has 4 rings (SSSR count). The smallest absolute Gasteiger partial charge is 0.193 e. The van der Waals surface area contributed by atoms with Crippen LogP contribution >= 0.6 is 11.6 Å². The first-order valence-electron chi connectivity index (χ1n) is 9.46. The van der Waals surface area contributed by atoms with Gasteiger partial charge in [0.05, 0.1) is 13.2 Å². The fourth-order valence-electron chi connectivity index (χ4n) is 4.17. The first-order valence-corrected chi connectivity index (χ1v) is 9.83. The summed E-state index contributed by atoms with van der Waals surface area (Å²) in [7, 11) is 0. The minimum absolute atomic E-state index is 0.0375. The zero-order valence-corrected chi connectivity index (χ0v) is 16.6. The molecule has 0 amide bonds. The predicted molar refractivity (Wildman–Crippen MR) is 109 cm³/mol. The minimum Gasteiger partial charge on any atom is -0.384 e. The number of ether oxygens (including phenoxy) is 1. The second-order valence-corrected chi connectivity index (χ2v) is 8.29. The molecule has 0 bridgehead atoms. The van der Waals surface area contributed by atoms with Gasteiger partial charge in [0.25, 0.3) is 0 Å². The van der Waals surface area contributed by atoms with Crippen molar-refractivity contribution in [3.8, 4) is 0 Å². The van der Waals surface area contributed by atoms with Gasteiger partial charge in [-0.1, -0.05) is 30.7 Å². The first kappa shape index (κ1) is 18.5.